The van der Waals surface area contributed by atoms with E-state index >= 15 is 0 Å². The van der Waals surface area contributed by atoms with Crippen LogP contribution in [0.1, 0.15) is 10.4 Å². The van der Waals surface area contributed by atoms with Crippen molar-refractivity contribution in [1.29, 1.82) is 0 Å². The van der Waals surface area contributed by atoms with Gasteiger partial charge in [0.2, 0.25) is 0 Å². The molecule has 0 aliphatic carbocycles. The average Bonchev–Trinajstić information content (AvgIpc) is 2.75. The summed E-state index contributed by atoms with van der Waals surface area (Å²) in [5, 5.41) is 11.2. The van der Waals surface area contributed by atoms with Gasteiger partial charge in [0.05, 0.1) is 38.9 Å². The molecule has 154 valence electrons. The highest BCUT2D eigenvalue weighted by Crippen LogP contribution is 2.22. The summed E-state index contributed by atoms with van der Waals surface area (Å²) in [4.78, 5) is 15.9. The lowest BCUT2D eigenvalue weighted by Gasteiger charge is -2.30. The van der Waals surface area contributed by atoms with Crippen molar-refractivity contribution in [1.82, 2.24) is 10.2 Å². The van der Waals surface area contributed by atoms with E-state index in [-0.39, 0.29) is 0 Å². The van der Waals surface area contributed by atoms with Crippen molar-refractivity contribution in [3.8, 4) is 11.3 Å². The van der Waals surface area contributed by atoms with Gasteiger partial charge in [-0.3, -0.25) is 4.79 Å². The molecule has 1 aliphatic rings. The zero-order valence-corrected chi connectivity index (χ0v) is 16.5. The van der Waals surface area contributed by atoms with Gasteiger partial charge in [0.25, 0.3) is 5.91 Å². The SMILES string of the molecule is C[NH+]1CCN(c2ccc(-c3ccc(NC(=O)c4c(F)cccc4F)cc3)nn2)CC1. The Kier molecular flexibility index (Phi) is 5.67. The maximum atomic E-state index is 13.8. The first-order valence-electron chi connectivity index (χ1n) is 9.77. The van der Waals surface area contributed by atoms with Gasteiger partial charge in [0, 0.05) is 11.3 Å². The van der Waals surface area contributed by atoms with Crippen molar-refractivity contribution < 1.29 is 18.5 Å². The monoisotopic (exact) mass is 410 g/mol. The number of quaternary nitrogens is 1. The molecule has 0 unspecified atom stereocenters. The van der Waals surface area contributed by atoms with Gasteiger partial charge in [0.15, 0.2) is 5.82 Å². The number of anilines is 2. The average molecular weight is 410 g/mol. The molecule has 1 saturated heterocycles. The second kappa shape index (κ2) is 8.54. The lowest BCUT2D eigenvalue weighted by atomic mass is 10.1. The molecular weight excluding hydrogens is 388 g/mol. The molecule has 1 aromatic heterocycles. The molecule has 4 rings (SSSR count). The molecule has 1 aliphatic heterocycles. The van der Waals surface area contributed by atoms with Gasteiger partial charge in [-0.2, -0.15) is 0 Å². The van der Waals surface area contributed by atoms with Crippen LogP contribution in [0.3, 0.4) is 0 Å². The van der Waals surface area contributed by atoms with Crippen molar-refractivity contribution in [2.75, 3.05) is 43.4 Å². The summed E-state index contributed by atoms with van der Waals surface area (Å²) in [6.07, 6.45) is 0. The number of halogens is 2. The molecule has 0 bridgehead atoms. The lowest BCUT2D eigenvalue weighted by molar-refractivity contribution is -0.880. The second-order valence-electron chi connectivity index (χ2n) is 7.35. The van der Waals surface area contributed by atoms with Crippen LogP contribution in [-0.4, -0.2) is 49.3 Å². The number of hydrogen-bond donors (Lipinski definition) is 2. The first-order chi connectivity index (χ1) is 14.5. The van der Waals surface area contributed by atoms with E-state index in [2.05, 4.69) is 27.5 Å². The molecule has 2 heterocycles. The van der Waals surface area contributed by atoms with Crippen molar-refractivity contribution in [2.24, 2.45) is 0 Å². The number of amides is 1. The van der Waals surface area contributed by atoms with Gasteiger partial charge in [-0.15, -0.1) is 10.2 Å². The van der Waals surface area contributed by atoms with Crippen molar-refractivity contribution in [3.05, 3.63) is 71.8 Å². The molecule has 1 fully saturated rings. The zero-order chi connectivity index (χ0) is 21.1. The van der Waals surface area contributed by atoms with Crippen molar-refractivity contribution in [2.45, 2.75) is 0 Å². The highest BCUT2D eigenvalue weighted by atomic mass is 19.1. The number of aromatic nitrogens is 2. The highest BCUT2D eigenvalue weighted by Gasteiger charge is 2.19. The predicted octanol–water partition coefficient (Wildman–Crippen LogP) is 2.01. The molecule has 2 N–H and O–H groups in total. The number of nitrogens with zero attached hydrogens (tertiary/aromatic N) is 3. The minimum atomic E-state index is -0.902. The number of hydrogen-bond acceptors (Lipinski definition) is 4. The fraction of sp³-hybridized carbons (Fsp3) is 0.227. The van der Waals surface area contributed by atoms with E-state index in [0.29, 0.717) is 11.4 Å². The number of nitrogens with one attached hydrogen (secondary N) is 2. The maximum Gasteiger partial charge on any atom is 0.261 e. The molecule has 0 spiro atoms. The molecule has 0 saturated carbocycles. The highest BCUT2D eigenvalue weighted by molar-refractivity contribution is 6.04. The maximum absolute atomic E-state index is 13.8. The third-order valence-electron chi connectivity index (χ3n) is 5.22. The van der Waals surface area contributed by atoms with Crippen LogP contribution in [0.15, 0.2) is 54.6 Å². The summed E-state index contributed by atoms with van der Waals surface area (Å²) in [6, 6.07) is 14.0. The van der Waals surface area contributed by atoms with Gasteiger partial charge in [0.1, 0.15) is 17.2 Å². The van der Waals surface area contributed by atoms with E-state index in [1.165, 1.54) is 11.0 Å². The van der Waals surface area contributed by atoms with Gasteiger partial charge in [-0.25, -0.2) is 8.78 Å². The Morgan fingerprint density at radius 2 is 1.63 bits per heavy atom. The number of carbonyl (C=O) groups excluding carboxylic acids is 1. The first-order valence-corrected chi connectivity index (χ1v) is 9.77. The summed E-state index contributed by atoms with van der Waals surface area (Å²) in [5.74, 6) is -1.78. The minimum Gasteiger partial charge on any atom is -0.344 e. The number of benzene rings is 2. The first kappa shape index (κ1) is 19.9. The summed E-state index contributed by atoms with van der Waals surface area (Å²) < 4.78 is 27.5. The fourth-order valence-corrected chi connectivity index (χ4v) is 3.40. The summed E-state index contributed by atoms with van der Waals surface area (Å²) in [7, 11) is 2.19. The third-order valence-corrected chi connectivity index (χ3v) is 5.22. The molecule has 3 aromatic rings. The van der Waals surface area contributed by atoms with Crippen LogP contribution in [0.4, 0.5) is 20.3 Å². The Balaban J connectivity index is 1.44. The van der Waals surface area contributed by atoms with Crippen LogP contribution in [0.25, 0.3) is 11.3 Å². The summed E-state index contributed by atoms with van der Waals surface area (Å²) in [6.45, 7) is 4.06. The zero-order valence-electron chi connectivity index (χ0n) is 16.5. The molecule has 6 nitrogen and oxygen atoms in total. The van der Waals surface area contributed by atoms with E-state index in [0.717, 1.165) is 49.7 Å². The largest absolute Gasteiger partial charge is 0.344 e. The molecular formula is C22H22F2N5O+. The third kappa shape index (κ3) is 4.28. The summed E-state index contributed by atoms with van der Waals surface area (Å²) in [5.41, 5.74) is 1.35. The second-order valence-corrected chi connectivity index (χ2v) is 7.35. The van der Waals surface area contributed by atoms with Crippen LogP contribution < -0.4 is 15.1 Å². The van der Waals surface area contributed by atoms with Crippen LogP contribution in [0, 0.1) is 11.6 Å². The Morgan fingerprint density at radius 1 is 0.967 bits per heavy atom. The molecule has 0 radical (unpaired) electrons. The normalized spacial score (nSPS) is 14.6. The van der Waals surface area contributed by atoms with E-state index in [1.807, 2.05) is 12.1 Å². The van der Waals surface area contributed by atoms with Crippen LogP contribution in [0.5, 0.6) is 0 Å². The fourth-order valence-electron chi connectivity index (χ4n) is 3.40. The van der Waals surface area contributed by atoms with Gasteiger partial charge >= 0.3 is 0 Å². The van der Waals surface area contributed by atoms with Crippen molar-refractivity contribution >= 4 is 17.4 Å². The van der Waals surface area contributed by atoms with Crippen LogP contribution >= 0.6 is 0 Å². The Hall–Kier alpha value is -3.39. The molecule has 2 aromatic carbocycles. The molecule has 8 heteroatoms. The Bertz CT molecular complexity index is 1010. The number of likely N-dealkylation sites (N-methyl/N-ethyl adjacent to an activating group) is 1. The molecule has 1 amide bonds. The lowest BCUT2D eigenvalue weighted by Crippen LogP contribution is -3.12. The smallest absolute Gasteiger partial charge is 0.261 e. The number of rotatable bonds is 4. The van der Waals surface area contributed by atoms with Crippen molar-refractivity contribution in [3.63, 3.8) is 0 Å². The van der Waals surface area contributed by atoms with Gasteiger partial charge in [-0.05, 0) is 36.4 Å². The van der Waals surface area contributed by atoms with Crippen LogP contribution in [0.2, 0.25) is 0 Å². The molecule has 0 atom stereocenters. The van der Waals surface area contributed by atoms with E-state index in [4.69, 9.17) is 0 Å². The predicted molar refractivity (Wildman–Crippen MR) is 111 cm³/mol. The quantitative estimate of drug-likeness (QED) is 0.691. The molecule has 30 heavy (non-hydrogen) atoms. The van der Waals surface area contributed by atoms with E-state index in [9.17, 15) is 13.6 Å². The number of piperazine rings is 1. The number of carbonyl (C=O) groups is 1. The standard InChI is InChI=1S/C22H21F2N5O/c1-28-11-13-29(14-12-28)20-10-9-19(26-27-20)15-5-7-16(8-6-15)25-22(30)21-17(23)3-2-4-18(21)24/h2-10H,11-14H2,1H3,(H,25,30)/p+1. The Labute approximate surface area is 173 Å². The van der Waals surface area contributed by atoms with Crippen LogP contribution in [-0.2, 0) is 0 Å². The van der Waals surface area contributed by atoms with Gasteiger partial charge < -0.3 is 15.1 Å². The Morgan fingerprint density at radius 3 is 2.23 bits per heavy atom. The minimum absolute atomic E-state index is 0.427. The summed E-state index contributed by atoms with van der Waals surface area (Å²) >= 11 is 0. The van der Waals surface area contributed by atoms with Gasteiger partial charge in [-0.1, -0.05) is 18.2 Å². The van der Waals surface area contributed by atoms with E-state index < -0.39 is 23.1 Å². The topological polar surface area (TPSA) is 62.6 Å². The van der Waals surface area contributed by atoms with E-state index in [1.54, 1.807) is 24.3 Å².